The van der Waals surface area contributed by atoms with Crippen molar-refractivity contribution in [3.63, 3.8) is 0 Å². The van der Waals surface area contributed by atoms with Crippen LogP contribution in [0.2, 0.25) is 5.02 Å². The van der Waals surface area contributed by atoms with Gasteiger partial charge in [-0.3, -0.25) is 4.79 Å². The second kappa shape index (κ2) is 5.38. The number of rotatable bonds is 2. The average Bonchev–Trinajstić information content (AvgIpc) is 2.79. The zero-order valence-corrected chi connectivity index (χ0v) is 11.7. The van der Waals surface area contributed by atoms with Gasteiger partial charge < -0.3 is 10.6 Å². The van der Waals surface area contributed by atoms with Crippen LogP contribution in [0.15, 0.2) is 22.7 Å². The molecule has 1 amide bonds. The lowest BCUT2D eigenvalue weighted by atomic mass is 10.1. The van der Waals surface area contributed by atoms with E-state index in [9.17, 15) is 4.79 Å². The van der Waals surface area contributed by atoms with E-state index in [-0.39, 0.29) is 11.9 Å². The van der Waals surface area contributed by atoms with E-state index in [0.717, 1.165) is 23.9 Å². The number of hydrogen-bond acceptors (Lipinski definition) is 2. The standard InChI is InChI=1S/C12H14BrClN2O/c13-8-3-4-11(14)10(6-8)12(17)16-5-1-2-9(16)7-15/h3-4,6,9H,1-2,5,7,15H2/t9-/m1/s1. The Morgan fingerprint density at radius 2 is 2.35 bits per heavy atom. The summed E-state index contributed by atoms with van der Waals surface area (Å²) in [5, 5.41) is 0.487. The third-order valence-corrected chi connectivity index (χ3v) is 3.89. The maximum Gasteiger partial charge on any atom is 0.255 e. The lowest BCUT2D eigenvalue weighted by Crippen LogP contribution is -2.40. The van der Waals surface area contributed by atoms with Gasteiger partial charge in [-0.05, 0) is 31.0 Å². The van der Waals surface area contributed by atoms with Crippen molar-refractivity contribution in [3.05, 3.63) is 33.3 Å². The van der Waals surface area contributed by atoms with Gasteiger partial charge in [-0.2, -0.15) is 0 Å². The van der Waals surface area contributed by atoms with E-state index < -0.39 is 0 Å². The second-order valence-corrected chi connectivity index (χ2v) is 5.48. The lowest BCUT2D eigenvalue weighted by Gasteiger charge is -2.24. The molecule has 1 atom stereocenters. The number of benzene rings is 1. The highest BCUT2D eigenvalue weighted by Gasteiger charge is 2.29. The van der Waals surface area contributed by atoms with E-state index in [2.05, 4.69) is 15.9 Å². The number of nitrogens with zero attached hydrogens (tertiary/aromatic N) is 1. The monoisotopic (exact) mass is 316 g/mol. The highest BCUT2D eigenvalue weighted by atomic mass is 79.9. The number of hydrogen-bond donors (Lipinski definition) is 1. The Morgan fingerprint density at radius 1 is 1.59 bits per heavy atom. The fourth-order valence-corrected chi connectivity index (χ4v) is 2.72. The molecular formula is C12H14BrClN2O. The van der Waals surface area contributed by atoms with Gasteiger partial charge in [0, 0.05) is 23.6 Å². The molecule has 2 N–H and O–H groups in total. The number of likely N-dealkylation sites (tertiary alicyclic amines) is 1. The van der Waals surface area contributed by atoms with Crippen molar-refractivity contribution < 1.29 is 4.79 Å². The molecule has 0 saturated carbocycles. The molecule has 1 aromatic carbocycles. The molecule has 5 heteroatoms. The van der Waals surface area contributed by atoms with E-state index in [4.69, 9.17) is 17.3 Å². The van der Waals surface area contributed by atoms with Crippen LogP contribution in [0.3, 0.4) is 0 Å². The molecule has 92 valence electrons. The molecule has 1 fully saturated rings. The highest BCUT2D eigenvalue weighted by Crippen LogP contribution is 2.25. The number of amides is 1. The molecular weight excluding hydrogens is 304 g/mol. The summed E-state index contributed by atoms with van der Waals surface area (Å²) in [7, 11) is 0. The van der Waals surface area contributed by atoms with Crippen LogP contribution in [-0.4, -0.2) is 29.9 Å². The van der Waals surface area contributed by atoms with Gasteiger partial charge in [-0.15, -0.1) is 0 Å². The molecule has 0 spiro atoms. The summed E-state index contributed by atoms with van der Waals surface area (Å²) in [5.74, 6) is -0.0238. The molecule has 3 nitrogen and oxygen atoms in total. The molecule has 0 unspecified atom stereocenters. The normalized spacial score (nSPS) is 19.7. The molecule has 0 aromatic heterocycles. The summed E-state index contributed by atoms with van der Waals surface area (Å²) in [5.41, 5.74) is 6.21. The summed E-state index contributed by atoms with van der Waals surface area (Å²) < 4.78 is 0.855. The SMILES string of the molecule is NC[C@H]1CCCN1C(=O)c1cc(Br)ccc1Cl. The van der Waals surface area contributed by atoms with Gasteiger partial charge in [-0.25, -0.2) is 0 Å². The fraction of sp³-hybridized carbons (Fsp3) is 0.417. The first kappa shape index (κ1) is 12.9. The molecule has 1 aromatic rings. The van der Waals surface area contributed by atoms with Crippen molar-refractivity contribution in [2.24, 2.45) is 5.73 Å². The minimum Gasteiger partial charge on any atom is -0.334 e. The maximum atomic E-state index is 12.4. The highest BCUT2D eigenvalue weighted by molar-refractivity contribution is 9.10. The molecule has 1 aliphatic heterocycles. The van der Waals surface area contributed by atoms with Gasteiger partial charge >= 0.3 is 0 Å². The number of nitrogens with two attached hydrogens (primary N) is 1. The van der Waals surface area contributed by atoms with Gasteiger partial charge in [0.1, 0.15) is 0 Å². The molecule has 0 aliphatic carbocycles. The molecule has 1 saturated heterocycles. The number of carbonyl (C=O) groups excluding carboxylic acids is 1. The third-order valence-electron chi connectivity index (χ3n) is 3.07. The van der Waals surface area contributed by atoms with Crippen molar-refractivity contribution in [2.75, 3.05) is 13.1 Å². The second-order valence-electron chi connectivity index (χ2n) is 4.15. The van der Waals surface area contributed by atoms with Gasteiger partial charge in [0.25, 0.3) is 5.91 Å². The first-order chi connectivity index (χ1) is 8.13. The Kier molecular flexibility index (Phi) is 4.07. The van der Waals surface area contributed by atoms with E-state index >= 15 is 0 Å². The van der Waals surface area contributed by atoms with Crippen molar-refractivity contribution in [2.45, 2.75) is 18.9 Å². The summed E-state index contributed by atoms with van der Waals surface area (Å²) >= 11 is 9.41. The van der Waals surface area contributed by atoms with E-state index in [1.54, 1.807) is 12.1 Å². The Hall–Kier alpha value is -0.580. The van der Waals surface area contributed by atoms with Crippen LogP contribution in [0.5, 0.6) is 0 Å². The predicted octanol–water partition coefficient (Wildman–Crippen LogP) is 2.67. The quantitative estimate of drug-likeness (QED) is 0.911. The molecule has 2 rings (SSSR count). The Bertz CT molecular complexity index is 439. The molecule has 1 aliphatic rings. The summed E-state index contributed by atoms with van der Waals surface area (Å²) in [6.45, 7) is 1.28. The van der Waals surface area contributed by atoms with Crippen LogP contribution in [0.1, 0.15) is 23.2 Å². The fourth-order valence-electron chi connectivity index (χ4n) is 2.16. The number of halogens is 2. The molecule has 17 heavy (non-hydrogen) atoms. The van der Waals surface area contributed by atoms with Crippen LogP contribution in [0, 0.1) is 0 Å². The lowest BCUT2D eigenvalue weighted by molar-refractivity contribution is 0.0741. The minimum absolute atomic E-state index is 0.0238. The first-order valence-electron chi connectivity index (χ1n) is 5.59. The summed E-state index contributed by atoms with van der Waals surface area (Å²) in [6.07, 6.45) is 1.99. The predicted molar refractivity (Wildman–Crippen MR) is 72.3 cm³/mol. The van der Waals surface area contributed by atoms with Gasteiger partial charge in [-0.1, -0.05) is 27.5 Å². The Morgan fingerprint density at radius 3 is 3.06 bits per heavy atom. The maximum absolute atomic E-state index is 12.4. The zero-order chi connectivity index (χ0) is 12.4. The average molecular weight is 318 g/mol. The van der Waals surface area contributed by atoms with Crippen molar-refractivity contribution in [1.29, 1.82) is 0 Å². The van der Waals surface area contributed by atoms with E-state index in [0.29, 0.717) is 17.1 Å². The zero-order valence-electron chi connectivity index (χ0n) is 9.33. The van der Waals surface area contributed by atoms with Crippen LogP contribution in [0.4, 0.5) is 0 Å². The molecule has 0 bridgehead atoms. The number of carbonyl (C=O) groups is 1. The minimum atomic E-state index is -0.0238. The molecule has 1 heterocycles. The topological polar surface area (TPSA) is 46.3 Å². The smallest absolute Gasteiger partial charge is 0.255 e. The van der Waals surface area contributed by atoms with Crippen molar-refractivity contribution in [1.82, 2.24) is 4.90 Å². The Balaban J connectivity index is 2.27. The third kappa shape index (κ3) is 2.64. The summed E-state index contributed by atoms with van der Waals surface area (Å²) in [4.78, 5) is 14.2. The van der Waals surface area contributed by atoms with Crippen LogP contribution in [-0.2, 0) is 0 Å². The van der Waals surface area contributed by atoms with Gasteiger partial charge in [0.05, 0.1) is 10.6 Å². The van der Waals surface area contributed by atoms with Gasteiger partial charge in [0.2, 0.25) is 0 Å². The van der Waals surface area contributed by atoms with Crippen molar-refractivity contribution >= 4 is 33.4 Å². The largest absolute Gasteiger partial charge is 0.334 e. The van der Waals surface area contributed by atoms with E-state index in [1.807, 2.05) is 11.0 Å². The Labute approximate surface area is 114 Å². The van der Waals surface area contributed by atoms with E-state index in [1.165, 1.54) is 0 Å². The van der Waals surface area contributed by atoms with Crippen LogP contribution in [0.25, 0.3) is 0 Å². The van der Waals surface area contributed by atoms with Crippen LogP contribution < -0.4 is 5.73 Å². The van der Waals surface area contributed by atoms with Crippen molar-refractivity contribution in [3.8, 4) is 0 Å². The van der Waals surface area contributed by atoms with Crippen LogP contribution >= 0.6 is 27.5 Å². The van der Waals surface area contributed by atoms with Gasteiger partial charge in [0.15, 0.2) is 0 Å². The molecule has 0 radical (unpaired) electrons. The first-order valence-corrected chi connectivity index (χ1v) is 6.76. The summed E-state index contributed by atoms with van der Waals surface area (Å²) in [6, 6.07) is 5.46.